The highest BCUT2D eigenvalue weighted by Crippen LogP contribution is 2.11. The first-order chi connectivity index (χ1) is 6.04. The second kappa shape index (κ2) is 5.54. The molecule has 0 heterocycles. The van der Waals surface area contributed by atoms with Gasteiger partial charge in [-0.3, -0.25) is 0 Å². The van der Waals surface area contributed by atoms with Crippen molar-refractivity contribution in [2.75, 3.05) is 14.1 Å². The van der Waals surface area contributed by atoms with E-state index in [0.717, 1.165) is 11.4 Å². The van der Waals surface area contributed by atoms with E-state index in [2.05, 4.69) is 11.7 Å². The van der Waals surface area contributed by atoms with Gasteiger partial charge in [0.15, 0.2) is 0 Å². The molecule has 0 aromatic heterocycles. The van der Waals surface area contributed by atoms with Crippen LogP contribution in [0.15, 0.2) is 28.5 Å². The average Bonchev–Trinajstić information content (AvgIpc) is 2.05. The smallest absolute Gasteiger partial charge is 0.128 e. The fourth-order valence-electron chi connectivity index (χ4n) is 1.12. The highest BCUT2D eigenvalue weighted by atomic mass is 15.2. The van der Waals surface area contributed by atoms with Gasteiger partial charge in [-0.25, -0.2) is 4.99 Å². The standard InChI is InChI=1S/C10H19N3/c1-6-7-9(11)8(2)10(12-3)13(4)5/h6-7,9H,3,11H2,1-2,4-5H3/b7-6-,10-8+. The summed E-state index contributed by atoms with van der Waals surface area (Å²) in [7, 11) is 3.85. The molecule has 13 heavy (non-hydrogen) atoms. The predicted molar refractivity (Wildman–Crippen MR) is 58.7 cm³/mol. The quantitative estimate of drug-likeness (QED) is 0.526. The van der Waals surface area contributed by atoms with Crippen molar-refractivity contribution in [1.82, 2.24) is 4.90 Å². The number of nitrogens with two attached hydrogens (primary N) is 1. The monoisotopic (exact) mass is 181 g/mol. The second-order valence-corrected chi connectivity index (χ2v) is 3.11. The van der Waals surface area contributed by atoms with Crippen molar-refractivity contribution in [3.05, 3.63) is 23.5 Å². The summed E-state index contributed by atoms with van der Waals surface area (Å²) in [5.74, 6) is 0.839. The molecule has 0 radical (unpaired) electrons. The zero-order valence-electron chi connectivity index (χ0n) is 8.91. The van der Waals surface area contributed by atoms with E-state index in [1.54, 1.807) is 0 Å². The van der Waals surface area contributed by atoms with Gasteiger partial charge in [0.2, 0.25) is 0 Å². The van der Waals surface area contributed by atoms with E-state index in [1.165, 1.54) is 0 Å². The lowest BCUT2D eigenvalue weighted by atomic mass is 10.1. The van der Waals surface area contributed by atoms with Crippen LogP contribution in [0.4, 0.5) is 0 Å². The molecule has 0 saturated carbocycles. The molecule has 0 aliphatic heterocycles. The molecule has 0 aliphatic carbocycles. The minimum Gasteiger partial charge on any atom is -0.363 e. The van der Waals surface area contributed by atoms with Gasteiger partial charge in [0, 0.05) is 20.1 Å². The van der Waals surface area contributed by atoms with E-state index < -0.39 is 0 Å². The first-order valence-electron chi connectivity index (χ1n) is 4.27. The third-order valence-corrected chi connectivity index (χ3v) is 1.83. The lowest BCUT2D eigenvalue weighted by molar-refractivity contribution is 0.496. The van der Waals surface area contributed by atoms with Gasteiger partial charge in [-0.05, 0) is 26.1 Å². The molecular formula is C10H19N3. The fraction of sp³-hybridized carbons (Fsp3) is 0.500. The number of rotatable bonds is 4. The minimum absolute atomic E-state index is 0.0760. The SMILES string of the molecule is C=N/C(=C(/C)C(N)/C=C\C)N(C)C. The molecule has 0 saturated heterocycles. The summed E-state index contributed by atoms with van der Waals surface area (Å²) in [5.41, 5.74) is 6.91. The fourth-order valence-corrected chi connectivity index (χ4v) is 1.12. The Morgan fingerprint density at radius 3 is 2.38 bits per heavy atom. The Kier molecular flexibility index (Phi) is 5.07. The van der Waals surface area contributed by atoms with Crippen molar-refractivity contribution in [2.45, 2.75) is 19.9 Å². The maximum absolute atomic E-state index is 5.88. The molecule has 74 valence electrons. The van der Waals surface area contributed by atoms with Crippen LogP contribution in [0.5, 0.6) is 0 Å². The van der Waals surface area contributed by atoms with Gasteiger partial charge in [-0.2, -0.15) is 0 Å². The van der Waals surface area contributed by atoms with Crippen LogP contribution >= 0.6 is 0 Å². The van der Waals surface area contributed by atoms with Crippen LogP contribution in [-0.2, 0) is 0 Å². The van der Waals surface area contributed by atoms with Gasteiger partial charge in [0.05, 0.1) is 0 Å². The predicted octanol–water partition coefficient (Wildman–Crippen LogP) is 1.38. The lowest BCUT2D eigenvalue weighted by Crippen LogP contribution is -2.23. The topological polar surface area (TPSA) is 41.6 Å². The van der Waals surface area contributed by atoms with E-state index in [9.17, 15) is 0 Å². The first-order valence-corrected chi connectivity index (χ1v) is 4.27. The Bertz CT molecular complexity index is 226. The van der Waals surface area contributed by atoms with Crippen molar-refractivity contribution < 1.29 is 0 Å². The molecule has 0 aromatic rings. The van der Waals surface area contributed by atoms with Gasteiger partial charge >= 0.3 is 0 Å². The van der Waals surface area contributed by atoms with Crippen LogP contribution in [0.25, 0.3) is 0 Å². The maximum atomic E-state index is 5.88. The number of allylic oxidation sites excluding steroid dienone is 1. The number of aliphatic imine (C=N–C) groups is 1. The summed E-state index contributed by atoms with van der Waals surface area (Å²) in [6, 6.07) is -0.0760. The summed E-state index contributed by atoms with van der Waals surface area (Å²) in [4.78, 5) is 5.84. The normalized spacial score (nSPS) is 15.5. The van der Waals surface area contributed by atoms with Crippen LogP contribution in [-0.4, -0.2) is 31.8 Å². The van der Waals surface area contributed by atoms with Crippen LogP contribution in [0.3, 0.4) is 0 Å². The minimum atomic E-state index is -0.0760. The molecule has 0 amide bonds. The van der Waals surface area contributed by atoms with Crippen LogP contribution in [0.2, 0.25) is 0 Å². The molecule has 0 aliphatic rings. The Hall–Kier alpha value is -1.09. The molecule has 1 atom stereocenters. The van der Waals surface area contributed by atoms with E-state index in [4.69, 9.17) is 5.73 Å². The molecule has 0 aromatic carbocycles. The van der Waals surface area contributed by atoms with Gasteiger partial charge < -0.3 is 10.6 Å². The van der Waals surface area contributed by atoms with Crippen molar-refractivity contribution >= 4 is 6.72 Å². The van der Waals surface area contributed by atoms with E-state index >= 15 is 0 Å². The molecule has 1 unspecified atom stereocenters. The molecule has 3 heteroatoms. The second-order valence-electron chi connectivity index (χ2n) is 3.11. The molecule has 0 rings (SSSR count). The average molecular weight is 181 g/mol. The van der Waals surface area contributed by atoms with Crippen molar-refractivity contribution in [2.24, 2.45) is 10.7 Å². The van der Waals surface area contributed by atoms with Gasteiger partial charge in [-0.1, -0.05) is 12.2 Å². The van der Waals surface area contributed by atoms with Crippen molar-refractivity contribution in [3.63, 3.8) is 0 Å². The van der Waals surface area contributed by atoms with E-state index in [0.29, 0.717) is 0 Å². The Labute approximate surface area is 80.6 Å². The van der Waals surface area contributed by atoms with E-state index in [-0.39, 0.29) is 6.04 Å². The Morgan fingerprint density at radius 2 is 2.08 bits per heavy atom. The highest BCUT2D eigenvalue weighted by Gasteiger charge is 2.07. The summed E-state index contributed by atoms with van der Waals surface area (Å²) >= 11 is 0. The molecule has 3 nitrogen and oxygen atoms in total. The maximum Gasteiger partial charge on any atom is 0.128 e. The van der Waals surface area contributed by atoms with Crippen molar-refractivity contribution in [1.29, 1.82) is 0 Å². The first kappa shape index (κ1) is 11.9. The Balaban J connectivity index is 4.84. The highest BCUT2D eigenvalue weighted by molar-refractivity contribution is 5.32. The zero-order valence-corrected chi connectivity index (χ0v) is 8.91. The molecule has 0 fully saturated rings. The Morgan fingerprint density at radius 1 is 1.54 bits per heavy atom. The summed E-state index contributed by atoms with van der Waals surface area (Å²) in [6.45, 7) is 7.43. The summed E-state index contributed by atoms with van der Waals surface area (Å²) < 4.78 is 0. The lowest BCUT2D eigenvalue weighted by Gasteiger charge is -2.18. The largest absolute Gasteiger partial charge is 0.363 e. The molecule has 2 N–H and O–H groups in total. The number of nitrogens with zero attached hydrogens (tertiary/aromatic N) is 2. The van der Waals surface area contributed by atoms with Crippen LogP contribution < -0.4 is 5.73 Å². The summed E-state index contributed by atoms with van der Waals surface area (Å²) in [5, 5.41) is 0. The van der Waals surface area contributed by atoms with Crippen LogP contribution in [0, 0.1) is 0 Å². The third kappa shape index (κ3) is 3.42. The molecule has 0 spiro atoms. The van der Waals surface area contributed by atoms with Gasteiger partial charge in [-0.15, -0.1) is 0 Å². The van der Waals surface area contributed by atoms with Gasteiger partial charge in [0.1, 0.15) is 5.82 Å². The summed E-state index contributed by atoms with van der Waals surface area (Å²) in [6.07, 6.45) is 3.87. The van der Waals surface area contributed by atoms with E-state index in [1.807, 2.05) is 45.0 Å². The molecule has 0 bridgehead atoms. The number of hydrogen-bond acceptors (Lipinski definition) is 3. The van der Waals surface area contributed by atoms with Crippen molar-refractivity contribution in [3.8, 4) is 0 Å². The van der Waals surface area contributed by atoms with Crippen LogP contribution in [0.1, 0.15) is 13.8 Å². The zero-order chi connectivity index (χ0) is 10.4. The van der Waals surface area contributed by atoms with Gasteiger partial charge in [0.25, 0.3) is 0 Å². The molecular weight excluding hydrogens is 162 g/mol. The number of hydrogen-bond donors (Lipinski definition) is 1. The third-order valence-electron chi connectivity index (χ3n) is 1.83.